The van der Waals surface area contributed by atoms with E-state index in [0.29, 0.717) is 17.0 Å². The van der Waals surface area contributed by atoms with Crippen molar-refractivity contribution in [2.45, 2.75) is 91.0 Å². The second-order valence-electron chi connectivity index (χ2n) is 7.67. The van der Waals surface area contributed by atoms with E-state index in [1.54, 1.807) is 6.20 Å². The Labute approximate surface area is 176 Å². The van der Waals surface area contributed by atoms with Crippen LogP contribution in [0, 0.1) is 5.92 Å². The highest BCUT2D eigenvalue weighted by molar-refractivity contribution is 6.33. The van der Waals surface area contributed by atoms with Crippen LogP contribution in [0.25, 0.3) is 5.57 Å². The van der Waals surface area contributed by atoms with Crippen LogP contribution in [0.3, 0.4) is 0 Å². The third kappa shape index (κ3) is 6.88. The largest absolute Gasteiger partial charge is 0.351 e. The summed E-state index contributed by atoms with van der Waals surface area (Å²) in [5.74, 6) is 1.53. The van der Waals surface area contributed by atoms with Crippen LogP contribution in [0.2, 0.25) is 5.02 Å². The van der Waals surface area contributed by atoms with E-state index < -0.39 is 0 Å². The summed E-state index contributed by atoms with van der Waals surface area (Å²) in [6.07, 6.45) is 16.0. The average Bonchev–Trinajstić information content (AvgIpc) is 3.54. The standard InChI is InChI=1S/C21H31ClN4.C2H6/c1-3-7-16(12-15-10-11-15)18(13-23-2)20-19(22)14-24-21(26-20)25-17-8-5-4-6-9-17;1-2/h13-15,17H,3-12H2,1-2H3,(H,24,25,26);1-2H3/b18-16-,23-13?;. The first-order chi connectivity index (χ1) is 13.7. The fourth-order valence-corrected chi connectivity index (χ4v) is 4.02. The molecule has 0 spiro atoms. The average molecular weight is 405 g/mol. The van der Waals surface area contributed by atoms with E-state index in [1.165, 1.54) is 50.5 Å². The molecule has 2 fully saturated rings. The van der Waals surface area contributed by atoms with Crippen molar-refractivity contribution in [2.24, 2.45) is 10.9 Å². The van der Waals surface area contributed by atoms with Crippen LogP contribution >= 0.6 is 11.6 Å². The molecule has 1 N–H and O–H groups in total. The summed E-state index contributed by atoms with van der Waals surface area (Å²) in [6, 6.07) is 0.478. The maximum absolute atomic E-state index is 6.52. The van der Waals surface area contributed by atoms with E-state index in [1.807, 2.05) is 27.1 Å². The molecule has 0 aromatic carbocycles. The molecule has 1 heterocycles. The summed E-state index contributed by atoms with van der Waals surface area (Å²) >= 11 is 6.52. The Morgan fingerprint density at radius 1 is 1.21 bits per heavy atom. The second-order valence-corrected chi connectivity index (χ2v) is 8.08. The molecule has 3 rings (SSSR count). The first-order valence-corrected chi connectivity index (χ1v) is 11.5. The predicted molar refractivity (Wildman–Crippen MR) is 122 cm³/mol. The van der Waals surface area contributed by atoms with Gasteiger partial charge < -0.3 is 5.32 Å². The van der Waals surface area contributed by atoms with Crippen molar-refractivity contribution in [3.63, 3.8) is 0 Å². The Balaban J connectivity index is 0.00000136. The van der Waals surface area contributed by atoms with Crippen molar-refractivity contribution in [1.82, 2.24) is 9.97 Å². The Morgan fingerprint density at radius 3 is 2.54 bits per heavy atom. The highest BCUT2D eigenvalue weighted by Gasteiger charge is 2.25. The van der Waals surface area contributed by atoms with Gasteiger partial charge in [0.15, 0.2) is 0 Å². The number of allylic oxidation sites excluding steroid dienone is 2. The molecule has 156 valence electrons. The SMILES string of the molecule is CC.CCC/C(CC1CC1)=C(\C=NC)c1nc(NC2CCCCC2)ncc1Cl. The molecule has 0 saturated heterocycles. The van der Waals surface area contributed by atoms with Crippen molar-refractivity contribution in [3.8, 4) is 0 Å². The van der Waals surface area contributed by atoms with E-state index in [0.717, 1.165) is 36.4 Å². The molecule has 1 aromatic heterocycles. The van der Waals surface area contributed by atoms with Crippen molar-refractivity contribution >= 4 is 29.3 Å². The van der Waals surface area contributed by atoms with Gasteiger partial charge in [-0.15, -0.1) is 0 Å². The maximum Gasteiger partial charge on any atom is 0.223 e. The Kier molecular flexibility index (Phi) is 9.97. The molecule has 2 aliphatic rings. The summed E-state index contributed by atoms with van der Waals surface area (Å²) in [6.45, 7) is 6.23. The van der Waals surface area contributed by atoms with Crippen LogP contribution in [0.5, 0.6) is 0 Å². The zero-order valence-corrected chi connectivity index (χ0v) is 18.9. The minimum absolute atomic E-state index is 0.478. The van der Waals surface area contributed by atoms with Gasteiger partial charge in [0, 0.05) is 24.9 Å². The zero-order valence-electron chi connectivity index (χ0n) is 18.1. The Bertz CT molecular complexity index is 659. The van der Waals surface area contributed by atoms with Crippen LogP contribution in [-0.2, 0) is 0 Å². The number of halogens is 1. The highest BCUT2D eigenvalue weighted by atomic mass is 35.5. The van der Waals surface area contributed by atoms with Crippen LogP contribution < -0.4 is 5.32 Å². The van der Waals surface area contributed by atoms with Gasteiger partial charge in [-0.1, -0.05) is 63.6 Å². The van der Waals surface area contributed by atoms with Crippen LogP contribution in [-0.4, -0.2) is 29.3 Å². The molecule has 0 atom stereocenters. The Morgan fingerprint density at radius 2 is 1.93 bits per heavy atom. The van der Waals surface area contributed by atoms with E-state index in [-0.39, 0.29) is 0 Å². The second kappa shape index (κ2) is 12.2. The lowest BCUT2D eigenvalue weighted by atomic mass is 9.95. The topological polar surface area (TPSA) is 50.2 Å². The van der Waals surface area contributed by atoms with E-state index in [9.17, 15) is 0 Å². The van der Waals surface area contributed by atoms with Crippen molar-refractivity contribution in [1.29, 1.82) is 0 Å². The minimum atomic E-state index is 0.478. The number of hydrogen-bond donors (Lipinski definition) is 1. The molecule has 0 aliphatic heterocycles. The van der Waals surface area contributed by atoms with E-state index in [4.69, 9.17) is 16.6 Å². The number of anilines is 1. The molecule has 2 aliphatic carbocycles. The van der Waals surface area contributed by atoms with Gasteiger partial charge in [0.05, 0.1) is 16.9 Å². The van der Waals surface area contributed by atoms with Gasteiger partial charge in [-0.3, -0.25) is 4.99 Å². The van der Waals surface area contributed by atoms with Gasteiger partial charge in [0.25, 0.3) is 0 Å². The number of nitrogens with zero attached hydrogens (tertiary/aromatic N) is 3. The summed E-state index contributed by atoms with van der Waals surface area (Å²) in [5, 5.41) is 4.13. The number of aliphatic imine (C=N–C) groups is 1. The molecule has 0 unspecified atom stereocenters. The predicted octanol–water partition coefficient (Wildman–Crippen LogP) is 6.96. The molecule has 28 heavy (non-hydrogen) atoms. The minimum Gasteiger partial charge on any atom is -0.351 e. The summed E-state index contributed by atoms with van der Waals surface area (Å²) in [7, 11) is 1.82. The first-order valence-electron chi connectivity index (χ1n) is 11.1. The van der Waals surface area contributed by atoms with E-state index >= 15 is 0 Å². The first kappa shape index (κ1) is 22.9. The normalized spacial score (nSPS) is 18.5. The van der Waals surface area contributed by atoms with Gasteiger partial charge in [-0.05, 0) is 44.4 Å². The quantitative estimate of drug-likeness (QED) is 0.476. The van der Waals surface area contributed by atoms with Crippen molar-refractivity contribution in [3.05, 3.63) is 22.5 Å². The zero-order chi connectivity index (χ0) is 20.4. The maximum atomic E-state index is 6.52. The number of hydrogen-bond acceptors (Lipinski definition) is 4. The van der Waals surface area contributed by atoms with Crippen molar-refractivity contribution in [2.75, 3.05) is 12.4 Å². The number of nitrogens with one attached hydrogen (secondary N) is 1. The fraction of sp³-hybridized carbons (Fsp3) is 0.696. The summed E-state index contributed by atoms with van der Waals surface area (Å²) in [5.41, 5.74) is 3.36. The molecular weight excluding hydrogens is 368 g/mol. The number of aromatic nitrogens is 2. The van der Waals surface area contributed by atoms with E-state index in [2.05, 4.69) is 22.2 Å². The molecule has 1 aromatic rings. The highest BCUT2D eigenvalue weighted by Crippen LogP contribution is 2.39. The van der Waals surface area contributed by atoms with Crippen LogP contribution in [0.1, 0.15) is 90.7 Å². The summed E-state index contributed by atoms with van der Waals surface area (Å²) in [4.78, 5) is 13.6. The molecule has 0 radical (unpaired) electrons. The fourth-order valence-electron chi connectivity index (χ4n) is 3.82. The summed E-state index contributed by atoms with van der Waals surface area (Å²) < 4.78 is 0. The van der Waals surface area contributed by atoms with Gasteiger partial charge >= 0.3 is 0 Å². The third-order valence-electron chi connectivity index (χ3n) is 5.36. The smallest absolute Gasteiger partial charge is 0.223 e. The van der Waals surface area contributed by atoms with Gasteiger partial charge in [-0.2, -0.15) is 0 Å². The molecule has 5 heteroatoms. The van der Waals surface area contributed by atoms with Gasteiger partial charge in [0.2, 0.25) is 5.95 Å². The molecule has 2 saturated carbocycles. The lowest BCUT2D eigenvalue weighted by molar-refractivity contribution is 0.461. The van der Waals surface area contributed by atoms with Crippen molar-refractivity contribution < 1.29 is 0 Å². The lowest BCUT2D eigenvalue weighted by Crippen LogP contribution is -2.23. The third-order valence-corrected chi connectivity index (χ3v) is 5.64. The molecular formula is C23H37ClN4. The lowest BCUT2D eigenvalue weighted by Gasteiger charge is -2.23. The Hall–Kier alpha value is -1.42. The van der Waals surface area contributed by atoms with Gasteiger partial charge in [-0.25, -0.2) is 9.97 Å². The van der Waals surface area contributed by atoms with Crippen LogP contribution in [0.15, 0.2) is 16.8 Å². The molecule has 4 nitrogen and oxygen atoms in total. The monoisotopic (exact) mass is 404 g/mol. The number of rotatable bonds is 8. The van der Waals surface area contributed by atoms with Gasteiger partial charge in [0.1, 0.15) is 0 Å². The molecule has 0 bridgehead atoms. The molecule has 0 amide bonds. The van der Waals surface area contributed by atoms with Crippen LogP contribution in [0.4, 0.5) is 5.95 Å².